The molecule has 0 bridgehead atoms. The lowest BCUT2D eigenvalue weighted by Gasteiger charge is -2.15. The number of aliphatic carboxylic acids is 1. The van der Waals surface area contributed by atoms with Crippen LogP contribution in [-0.2, 0) is 4.79 Å². The molecule has 1 atom stereocenters. The van der Waals surface area contributed by atoms with Crippen LogP contribution in [0.25, 0.3) is 0 Å². The fraction of sp³-hybridized carbons (Fsp3) is 0.222. The minimum atomic E-state index is -0.937. The van der Waals surface area contributed by atoms with E-state index < -0.39 is 11.9 Å². The molecule has 0 aliphatic rings. The number of hydrogen-bond donors (Lipinski definition) is 1. The van der Waals surface area contributed by atoms with E-state index >= 15 is 0 Å². The van der Waals surface area contributed by atoms with Gasteiger partial charge in [-0.05, 0) is 12.5 Å². The molecule has 0 amide bonds. The maximum Gasteiger partial charge on any atom is 0.303 e. The number of aryl methyl sites for hydroxylation is 1. The molecule has 0 aliphatic heterocycles. The average molecular weight is 284 g/mol. The van der Waals surface area contributed by atoms with Gasteiger partial charge in [0.05, 0.1) is 6.42 Å². The highest BCUT2D eigenvalue weighted by molar-refractivity contribution is 5.96. The molecule has 0 spiro atoms. The first-order valence-electron chi connectivity index (χ1n) is 6.74. The molecule has 0 saturated heterocycles. The van der Waals surface area contributed by atoms with Crippen molar-refractivity contribution in [3.05, 3.63) is 72.4 Å². The van der Waals surface area contributed by atoms with Gasteiger partial charge in [-0.2, -0.15) is 0 Å². The summed E-state index contributed by atoms with van der Waals surface area (Å²) in [5.74, 6) is -1.40. The van der Waals surface area contributed by atoms with Gasteiger partial charge in [-0.15, -0.1) is 0 Å². The fourth-order valence-corrected chi connectivity index (χ4v) is 2.11. The molecule has 3 heteroatoms. The molecular weight excluding hydrogens is 264 g/mol. The third kappa shape index (κ3) is 5.22. The van der Waals surface area contributed by atoms with Crippen molar-refractivity contribution in [2.45, 2.75) is 19.8 Å². The molecule has 1 aromatic rings. The highest BCUT2D eigenvalue weighted by Crippen LogP contribution is 2.23. The van der Waals surface area contributed by atoms with Crippen LogP contribution in [0.15, 0.2) is 61.2 Å². The van der Waals surface area contributed by atoms with Crippen LogP contribution in [0.3, 0.4) is 0 Å². The van der Waals surface area contributed by atoms with Crippen LogP contribution in [0.2, 0.25) is 0 Å². The standard InChI is InChI=1S/C18H20O3/c1-4-6-14(5-2)16(12-18(20)21)11-17(19)15-9-7-13(3)8-10-15/h4-10,16H,1-2,11-12H2,3H3,(H,20,21)/b14-6+. The van der Waals surface area contributed by atoms with Gasteiger partial charge in [0, 0.05) is 17.9 Å². The summed E-state index contributed by atoms with van der Waals surface area (Å²) in [5.41, 5.74) is 2.39. The maximum absolute atomic E-state index is 12.3. The Balaban J connectivity index is 2.94. The SMILES string of the molecule is C=C/C=C(\C=C)C(CC(=O)O)CC(=O)c1ccc(C)cc1. The van der Waals surface area contributed by atoms with Crippen LogP contribution >= 0.6 is 0 Å². The monoisotopic (exact) mass is 284 g/mol. The van der Waals surface area contributed by atoms with Crippen LogP contribution in [0.5, 0.6) is 0 Å². The minimum Gasteiger partial charge on any atom is -0.481 e. The number of rotatable bonds is 8. The van der Waals surface area contributed by atoms with Gasteiger partial charge in [0.25, 0.3) is 0 Å². The van der Waals surface area contributed by atoms with Gasteiger partial charge < -0.3 is 5.11 Å². The first kappa shape index (κ1) is 16.6. The summed E-state index contributed by atoms with van der Waals surface area (Å²) in [5, 5.41) is 9.02. The van der Waals surface area contributed by atoms with E-state index in [1.165, 1.54) is 0 Å². The number of hydrogen-bond acceptors (Lipinski definition) is 2. The second-order valence-electron chi connectivity index (χ2n) is 4.89. The van der Waals surface area contributed by atoms with Gasteiger partial charge in [-0.25, -0.2) is 0 Å². The van der Waals surface area contributed by atoms with Crippen molar-refractivity contribution in [1.29, 1.82) is 0 Å². The maximum atomic E-state index is 12.3. The molecule has 0 radical (unpaired) electrons. The van der Waals surface area contributed by atoms with E-state index in [0.29, 0.717) is 11.1 Å². The van der Waals surface area contributed by atoms with Gasteiger partial charge in [0.15, 0.2) is 5.78 Å². The molecule has 0 heterocycles. The predicted molar refractivity (Wildman–Crippen MR) is 84.3 cm³/mol. The Morgan fingerprint density at radius 3 is 2.29 bits per heavy atom. The predicted octanol–water partition coefficient (Wildman–Crippen LogP) is 3.96. The molecular formula is C18H20O3. The molecule has 0 fully saturated rings. The Labute approximate surface area is 125 Å². The number of carbonyl (C=O) groups excluding carboxylic acids is 1. The molecule has 110 valence electrons. The Morgan fingerprint density at radius 1 is 1.19 bits per heavy atom. The summed E-state index contributed by atoms with van der Waals surface area (Å²) in [6, 6.07) is 7.27. The van der Waals surface area contributed by atoms with Crippen LogP contribution in [0, 0.1) is 12.8 Å². The highest BCUT2D eigenvalue weighted by Gasteiger charge is 2.20. The Kier molecular flexibility index (Phi) is 6.34. The van der Waals surface area contributed by atoms with Crippen LogP contribution in [0.4, 0.5) is 0 Å². The fourth-order valence-electron chi connectivity index (χ4n) is 2.11. The van der Waals surface area contributed by atoms with Gasteiger partial charge in [0.1, 0.15) is 0 Å². The summed E-state index contributed by atoms with van der Waals surface area (Å²) >= 11 is 0. The Morgan fingerprint density at radius 2 is 1.81 bits per heavy atom. The third-order valence-corrected chi connectivity index (χ3v) is 3.24. The number of allylic oxidation sites excluding steroid dienone is 4. The first-order valence-corrected chi connectivity index (χ1v) is 6.74. The van der Waals surface area contributed by atoms with Gasteiger partial charge in [-0.1, -0.05) is 61.2 Å². The second kappa shape index (κ2) is 8.00. The van der Waals surface area contributed by atoms with Crippen molar-refractivity contribution in [3.8, 4) is 0 Å². The quantitative estimate of drug-likeness (QED) is 0.580. The van der Waals surface area contributed by atoms with Crippen LogP contribution < -0.4 is 0 Å². The molecule has 0 aliphatic carbocycles. The number of benzene rings is 1. The first-order chi connectivity index (χ1) is 9.97. The number of carbonyl (C=O) groups is 2. The average Bonchev–Trinajstić information content (AvgIpc) is 2.44. The van der Waals surface area contributed by atoms with E-state index in [1.807, 2.05) is 19.1 Å². The number of Topliss-reactive ketones (excluding diaryl/α,β-unsaturated/α-hetero) is 1. The molecule has 1 rings (SSSR count). The smallest absolute Gasteiger partial charge is 0.303 e. The van der Waals surface area contributed by atoms with Crippen LogP contribution in [0.1, 0.15) is 28.8 Å². The summed E-state index contributed by atoms with van der Waals surface area (Å²) in [6.45, 7) is 9.23. The van der Waals surface area contributed by atoms with Crippen molar-refractivity contribution < 1.29 is 14.7 Å². The van der Waals surface area contributed by atoms with E-state index in [-0.39, 0.29) is 18.6 Å². The molecule has 1 N–H and O–H groups in total. The molecule has 21 heavy (non-hydrogen) atoms. The molecule has 1 unspecified atom stereocenters. The zero-order chi connectivity index (χ0) is 15.8. The summed E-state index contributed by atoms with van der Waals surface area (Å²) < 4.78 is 0. The number of carboxylic acids is 1. The number of carboxylic acid groups (broad SMARTS) is 1. The number of ketones is 1. The molecule has 0 saturated carbocycles. The summed E-state index contributed by atoms with van der Waals surface area (Å²) in [7, 11) is 0. The van der Waals surface area contributed by atoms with Gasteiger partial charge in [0.2, 0.25) is 0 Å². The lowest BCUT2D eigenvalue weighted by atomic mass is 9.88. The summed E-state index contributed by atoms with van der Waals surface area (Å²) in [4.78, 5) is 23.3. The largest absolute Gasteiger partial charge is 0.481 e. The van der Waals surface area contributed by atoms with Gasteiger partial charge >= 0.3 is 5.97 Å². The second-order valence-corrected chi connectivity index (χ2v) is 4.89. The lowest BCUT2D eigenvalue weighted by molar-refractivity contribution is -0.137. The normalized spacial score (nSPS) is 12.5. The third-order valence-electron chi connectivity index (χ3n) is 3.24. The van der Waals surface area contributed by atoms with Crippen molar-refractivity contribution >= 4 is 11.8 Å². The van der Waals surface area contributed by atoms with Gasteiger partial charge in [-0.3, -0.25) is 9.59 Å². The Bertz CT molecular complexity index is 565. The lowest BCUT2D eigenvalue weighted by Crippen LogP contribution is -2.15. The van der Waals surface area contributed by atoms with E-state index in [1.54, 1.807) is 30.4 Å². The van der Waals surface area contributed by atoms with E-state index in [0.717, 1.165) is 5.56 Å². The van der Waals surface area contributed by atoms with Crippen LogP contribution in [-0.4, -0.2) is 16.9 Å². The van der Waals surface area contributed by atoms with Crippen molar-refractivity contribution in [3.63, 3.8) is 0 Å². The van der Waals surface area contributed by atoms with Crippen molar-refractivity contribution in [2.24, 2.45) is 5.92 Å². The van der Waals surface area contributed by atoms with Crippen molar-refractivity contribution in [2.75, 3.05) is 0 Å². The molecule has 3 nitrogen and oxygen atoms in total. The summed E-state index contributed by atoms with van der Waals surface area (Å²) in [6.07, 6.45) is 4.88. The minimum absolute atomic E-state index is 0.0712. The molecule has 1 aromatic carbocycles. The van der Waals surface area contributed by atoms with E-state index in [2.05, 4.69) is 13.2 Å². The zero-order valence-corrected chi connectivity index (χ0v) is 12.2. The van der Waals surface area contributed by atoms with E-state index in [4.69, 9.17) is 5.11 Å². The highest BCUT2D eigenvalue weighted by atomic mass is 16.4. The van der Waals surface area contributed by atoms with Crippen molar-refractivity contribution in [1.82, 2.24) is 0 Å². The topological polar surface area (TPSA) is 54.4 Å². The zero-order valence-electron chi connectivity index (χ0n) is 12.2. The Hall–Kier alpha value is -2.42. The molecule has 0 aromatic heterocycles. The van der Waals surface area contributed by atoms with E-state index in [9.17, 15) is 9.59 Å².